The quantitative estimate of drug-likeness (QED) is 0.637. The summed E-state index contributed by atoms with van der Waals surface area (Å²) < 4.78 is 5.50. The number of hydrogen-bond acceptors (Lipinski definition) is 1. The Bertz CT molecular complexity index is 137. The van der Waals surface area contributed by atoms with Crippen LogP contribution in [0.25, 0.3) is 0 Å². The van der Waals surface area contributed by atoms with E-state index in [9.17, 15) is 0 Å². The summed E-state index contributed by atoms with van der Waals surface area (Å²) in [5.74, 6) is 3.01. The van der Waals surface area contributed by atoms with E-state index >= 15 is 0 Å². The average Bonchev–Trinajstić information content (AvgIpc) is 2.16. The van der Waals surface area contributed by atoms with Gasteiger partial charge in [0.25, 0.3) is 0 Å². The van der Waals surface area contributed by atoms with Crippen LogP contribution in [0.3, 0.4) is 0 Å². The van der Waals surface area contributed by atoms with Crippen LogP contribution < -0.4 is 0 Å². The lowest BCUT2D eigenvalue weighted by atomic mass is 9.66. The summed E-state index contributed by atoms with van der Waals surface area (Å²) in [5, 5.41) is 0. The molecule has 2 aliphatic carbocycles. The van der Waals surface area contributed by atoms with Crippen molar-refractivity contribution >= 4 is 0 Å². The minimum Gasteiger partial charge on any atom is -0.381 e. The molecule has 76 valence electrons. The van der Waals surface area contributed by atoms with Crippen LogP contribution in [-0.2, 0) is 4.74 Å². The number of ether oxygens (including phenoxy) is 1. The van der Waals surface area contributed by atoms with Crippen LogP contribution in [-0.4, -0.2) is 13.2 Å². The lowest BCUT2D eigenvalue weighted by molar-refractivity contribution is -0.00267. The maximum absolute atomic E-state index is 5.50. The van der Waals surface area contributed by atoms with Gasteiger partial charge in [-0.15, -0.1) is 0 Å². The highest BCUT2D eigenvalue weighted by Crippen LogP contribution is 2.44. The van der Waals surface area contributed by atoms with E-state index in [1.54, 1.807) is 0 Å². The summed E-state index contributed by atoms with van der Waals surface area (Å²) in [4.78, 5) is 0. The van der Waals surface area contributed by atoms with E-state index < -0.39 is 0 Å². The van der Waals surface area contributed by atoms with E-state index in [1.165, 1.54) is 38.5 Å². The molecule has 1 heteroatoms. The van der Waals surface area contributed by atoms with Crippen LogP contribution >= 0.6 is 0 Å². The molecule has 2 aliphatic rings. The van der Waals surface area contributed by atoms with Gasteiger partial charge in [0.15, 0.2) is 0 Å². The second-order valence-electron chi connectivity index (χ2n) is 5.04. The summed E-state index contributed by atoms with van der Waals surface area (Å²) >= 11 is 0. The SMILES string of the molecule is CCC1CC2CC(C1)CC(OC)C2. The van der Waals surface area contributed by atoms with Crippen molar-refractivity contribution in [3.8, 4) is 0 Å². The van der Waals surface area contributed by atoms with E-state index in [4.69, 9.17) is 4.74 Å². The van der Waals surface area contributed by atoms with Gasteiger partial charge >= 0.3 is 0 Å². The Labute approximate surface area is 81.9 Å². The molecular weight excluding hydrogens is 160 g/mol. The summed E-state index contributed by atoms with van der Waals surface area (Å²) in [6.07, 6.45) is 9.11. The molecule has 0 aromatic carbocycles. The van der Waals surface area contributed by atoms with Gasteiger partial charge in [0.1, 0.15) is 0 Å². The first-order valence-corrected chi connectivity index (χ1v) is 5.84. The van der Waals surface area contributed by atoms with Gasteiger partial charge in [0.2, 0.25) is 0 Å². The van der Waals surface area contributed by atoms with Crippen LogP contribution in [0.1, 0.15) is 45.4 Å². The third kappa shape index (κ3) is 2.07. The minimum absolute atomic E-state index is 0.585. The fourth-order valence-electron chi connectivity index (χ4n) is 3.45. The molecule has 2 fully saturated rings. The van der Waals surface area contributed by atoms with Crippen molar-refractivity contribution in [3.05, 3.63) is 0 Å². The molecule has 1 nitrogen and oxygen atoms in total. The van der Waals surface area contributed by atoms with Crippen molar-refractivity contribution < 1.29 is 4.74 Å². The molecule has 0 saturated heterocycles. The molecule has 0 aromatic heterocycles. The maximum Gasteiger partial charge on any atom is 0.0576 e. The number of methoxy groups -OCH3 is 1. The Morgan fingerprint density at radius 3 is 2.08 bits per heavy atom. The second-order valence-corrected chi connectivity index (χ2v) is 5.04. The predicted octanol–water partition coefficient (Wildman–Crippen LogP) is 3.24. The lowest BCUT2D eigenvalue weighted by Gasteiger charge is -2.41. The third-order valence-electron chi connectivity index (χ3n) is 4.10. The molecule has 2 saturated carbocycles. The van der Waals surface area contributed by atoms with Gasteiger partial charge in [-0.25, -0.2) is 0 Å². The van der Waals surface area contributed by atoms with Gasteiger partial charge in [-0.1, -0.05) is 13.3 Å². The van der Waals surface area contributed by atoms with Crippen LogP contribution in [0.5, 0.6) is 0 Å². The largest absolute Gasteiger partial charge is 0.381 e. The van der Waals surface area contributed by atoms with Gasteiger partial charge in [-0.3, -0.25) is 0 Å². The van der Waals surface area contributed by atoms with Crippen molar-refractivity contribution in [1.82, 2.24) is 0 Å². The molecular formula is C12H22O. The van der Waals surface area contributed by atoms with E-state index in [-0.39, 0.29) is 0 Å². The monoisotopic (exact) mass is 182 g/mol. The molecule has 2 rings (SSSR count). The van der Waals surface area contributed by atoms with E-state index in [1.807, 2.05) is 7.11 Å². The zero-order valence-corrected chi connectivity index (χ0v) is 8.96. The number of hydrogen-bond donors (Lipinski definition) is 0. The Hall–Kier alpha value is -0.0400. The first-order valence-electron chi connectivity index (χ1n) is 5.84. The smallest absolute Gasteiger partial charge is 0.0576 e. The molecule has 0 radical (unpaired) electrons. The van der Waals surface area contributed by atoms with Crippen molar-refractivity contribution in [3.63, 3.8) is 0 Å². The van der Waals surface area contributed by atoms with Gasteiger partial charge in [-0.2, -0.15) is 0 Å². The highest BCUT2D eigenvalue weighted by molar-refractivity contribution is 4.86. The first-order chi connectivity index (χ1) is 6.31. The lowest BCUT2D eigenvalue weighted by Crippen LogP contribution is -2.34. The highest BCUT2D eigenvalue weighted by Gasteiger charge is 2.35. The number of rotatable bonds is 2. The number of fused-ring (bicyclic) bond motifs is 2. The molecule has 2 bridgehead atoms. The highest BCUT2D eigenvalue weighted by atomic mass is 16.5. The zero-order chi connectivity index (χ0) is 9.26. The molecule has 2 unspecified atom stereocenters. The van der Waals surface area contributed by atoms with Gasteiger partial charge in [0, 0.05) is 7.11 Å². The van der Waals surface area contributed by atoms with Gasteiger partial charge in [-0.05, 0) is 49.9 Å². The Morgan fingerprint density at radius 2 is 1.62 bits per heavy atom. The van der Waals surface area contributed by atoms with E-state index in [0.717, 1.165) is 17.8 Å². The van der Waals surface area contributed by atoms with Crippen LogP contribution in [0.2, 0.25) is 0 Å². The standard InChI is InChI=1S/C12H22O/c1-3-9-4-10-6-11(5-9)8-12(7-10)13-2/h9-12H,3-8H2,1-2H3. The van der Waals surface area contributed by atoms with E-state index in [2.05, 4.69) is 6.92 Å². The Kier molecular flexibility index (Phi) is 2.92. The second kappa shape index (κ2) is 4.00. The van der Waals surface area contributed by atoms with Crippen molar-refractivity contribution in [2.45, 2.75) is 51.6 Å². The third-order valence-corrected chi connectivity index (χ3v) is 4.10. The summed E-state index contributed by atoms with van der Waals surface area (Å²) in [6.45, 7) is 2.35. The van der Waals surface area contributed by atoms with Crippen LogP contribution in [0.15, 0.2) is 0 Å². The topological polar surface area (TPSA) is 9.23 Å². The minimum atomic E-state index is 0.585. The van der Waals surface area contributed by atoms with Gasteiger partial charge in [0.05, 0.1) is 6.10 Å². The van der Waals surface area contributed by atoms with Crippen molar-refractivity contribution in [2.75, 3.05) is 7.11 Å². The van der Waals surface area contributed by atoms with Crippen molar-refractivity contribution in [1.29, 1.82) is 0 Å². The average molecular weight is 182 g/mol. The molecule has 0 N–H and O–H groups in total. The zero-order valence-electron chi connectivity index (χ0n) is 8.96. The molecule has 0 aliphatic heterocycles. The van der Waals surface area contributed by atoms with Crippen LogP contribution in [0, 0.1) is 17.8 Å². The summed E-state index contributed by atoms with van der Waals surface area (Å²) in [5.41, 5.74) is 0. The molecule has 0 spiro atoms. The molecule has 0 aromatic rings. The van der Waals surface area contributed by atoms with Crippen LogP contribution in [0.4, 0.5) is 0 Å². The summed E-state index contributed by atoms with van der Waals surface area (Å²) in [6, 6.07) is 0. The normalized spacial score (nSPS) is 44.8. The maximum atomic E-state index is 5.50. The first kappa shape index (κ1) is 9.51. The Morgan fingerprint density at radius 1 is 1.00 bits per heavy atom. The molecule has 13 heavy (non-hydrogen) atoms. The predicted molar refractivity (Wildman–Crippen MR) is 54.6 cm³/mol. The fraction of sp³-hybridized carbons (Fsp3) is 1.00. The van der Waals surface area contributed by atoms with Crippen molar-refractivity contribution in [2.24, 2.45) is 17.8 Å². The summed E-state index contributed by atoms with van der Waals surface area (Å²) in [7, 11) is 1.88. The Balaban J connectivity index is 1.93. The van der Waals surface area contributed by atoms with Gasteiger partial charge < -0.3 is 4.74 Å². The molecule has 0 heterocycles. The fourth-order valence-corrected chi connectivity index (χ4v) is 3.45. The molecule has 0 amide bonds. The molecule has 2 atom stereocenters. The van der Waals surface area contributed by atoms with E-state index in [0.29, 0.717) is 6.10 Å².